The zero-order chi connectivity index (χ0) is 21.9. The van der Waals surface area contributed by atoms with Gasteiger partial charge in [0, 0.05) is 31.7 Å². The predicted octanol–water partition coefficient (Wildman–Crippen LogP) is 4.19. The van der Waals surface area contributed by atoms with Crippen molar-refractivity contribution >= 4 is 27.3 Å². The number of rotatable bonds is 7. The second-order valence-corrected chi connectivity index (χ2v) is 9.73. The molecule has 2 aromatic carbocycles. The van der Waals surface area contributed by atoms with Gasteiger partial charge in [0.25, 0.3) is 5.91 Å². The maximum Gasteiger partial charge on any atom is 0.255 e. The Bertz CT molecular complexity index is 1000. The molecule has 1 fully saturated rings. The quantitative estimate of drug-likeness (QED) is 0.717. The van der Waals surface area contributed by atoms with Crippen LogP contribution < -0.4 is 10.2 Å². The number of hydrogen-bond acceptors (Lipinski definition) is 4. The molecule has 3 rings (SSSR count). The van der Waals surface area contributed by atoms with E-state index >= 15 is 0 Å². The van der Waals surface area contributed by atoms with Crippen LogP contribution in [0.1, 0.15) is 48.2 Å². The monoisotopic (exact) mass is 429 g/mol. The SMILES string of the molecule is CCN(CC)S(=O)(=O)c1ccc(N2CCCC2)c(NC(=O)c2cc(C)cc(C)c2)c1. The molecule has 0 spiro atoms. The first-order valence-corrected chi connectivity index (χ1v) is 12.0. The van der Waals surface area contributed by atoms with E-state index in [1.165, 1.54) is 4.31 Å². The molecular weight excluding hydrogens is 398 g/mol. The van der Waals surface area contributed by atoms with E-state index in [1.54, 1.807) is 12.1 Å². The van der Waals surface area contributed by atoms with Crippen LogP contribution in [-0.4, -0.2) is 44.8 Å². The van der Waals surface area contributed by atoms with Gasteiger partial charge in [-0.25, -0.2) is 8.42 Å². The molecular formula is C23H31N3O3S. The summed E-state index contributed by atoms with van der Waals surface area (Å²) in [6, 6.07) is 10.8. The Balaban J connectivity index is 2.02. The van der Waals surface area contributed by atoms with E-state index in [4.69, 9.17) is 0 Å². The van der Waals surface area contributed by atoms with Gasteiger partial charge in [-0.1, -0.05) is 31.0 Å². The van der Waals surface area contributed by atoms with Gasteiger partial charge in [0.15, 0.2) is 0 Å². The zero-order valence-corrected chi connectivity index (χ0v) is 19.1. The number of nitrogens with zero attached hydrogens (tertiary/aromatic N) is 2. The van der Waals surface area contributed by atoms with E-state index < -0.39 is 10.0 Å². The van der Waals surface area contributed by atoms with Crippen LogP contribution in [0.25, 0.3) is 0 Å². The number of aryl methyl sites for hydroxylation is 2. The predicted molar refractivity (Wildman–Crippen MR) is 122 cm³/mol. The Labute approximate surface area is 179 Å². The van der Waals surface area contributed by atoms with E-state index in [-0.39, 0.29) is 10.8 Å². The van der Waals surface area contributed by atoms with Gasteiger partial charge in [0.05, 0.1) is 16.3 Å². The lowest BCUT2D eigenvalue weighted by Crippen LogP contribution is -2.31. The van der Waals surface area contributed by atoms with E-state index in [2.05, 4.69) is 10.2 Å². The van der Waals surface area contributed by atoms with Crippen molar-refractivity contribution in [3.05, 3.63) is 53.1 Å². The van der Waals surface area contributed by atoms with Crippen molar-refractivity contribution in [3.63, 3.8) is 0 Å². The van der Waals surface area contributed by atoms with Gasteiger partial charge in [0.1, 0.15) is 0 Å². The summed E-state index contributed by atoms with van der Waals surface area (Å²) in [6.45, 7) is 10.1. The number of nitrogens with one attached hydrogen (secondary N) is 1. The van der Waals surface area contributed by atoms with Crippen LogP contribution in [0.15, 0.2) is 41.3 Å². The molecule has 0 bridgehead atoms. The largest absolute Gasteiger partial charge is 0.370 e. The first kappa shape index (κ1) is 22.3. The summed E-state index contributed by atoms with van der Waals surface area (Å²) in [5.74, 6) is -0.236. The normalized spacial score (nSPS) is 14.4. The number of hydrogen-bond donors (Lipinski definition) is 1. The second kappa shape index (κ2) is 9.18. The Morgan fingerprint density at radius 3 is 2.17 bits per heavy atom. The summed E-state index contributed by atoms with van der Waals surface area (Å²) in [5.41, 5.74) is 3.99. The second-order valence-electron chi connectivity index (χ2n) is 7.79. The molecule has 0 unspecified atom stereocenters. The lowest BCUT2D eigenvalue weighted by Gasteiger charge is -2.24. The molecule has 7 heteroatoms. The third-order valence-electron chi connectivity index (χ3n) is 5.49. The molecule has 0 radical (unpaired) electrons. The fourth-order valence-electron chi connectivity index (χ4n) is 4.02. The number of benzene rings is 2. The number of carbonyl (C=O) groups excluding carboxylic acids is 1. The van der Waals surface area contributed by atoms with Gasteiger partial charge >= 0.3 is 0 Å². The molecule has 30 heavy (non-hydrogen) atoms. The molecule has 6 nitrogen and oxygen atoms in total. The van der Waals surface area contributed by atoms with Gasteiger partial charge in [-0.15, -0.1) is 0 Å². The minimum atomic E-state index is -3.61. The van der Waals surface area contributed by atoms with Crippen LogP contribution in [0.3, 0.4) is 0 Å². The van der Waals surface area contributed by atoms with Crippen molar-refractivity contribution in [2.24, 2.45) is 0 Å². The third-order valence-corrected chi connectivity index (χ3v) is 7.54. The summed E-state index contributed by atoms with van der Waals surface area (Å²) in [5, 5.41) is 2.98. The minimum absolute atomic E-state index is 0.199. The van der Waals surface area contributed by atoms with E-state index in [1.807, 2.05) is 52.0 Å². The highest BCUT2D eigenvalue weighted by atomic mass is 32.2. The van der Waals surface area contributed by atoms with Gasteiger partial charge < -0.3 is 10.2 Å². The summed E-state index contributed by atoms with van der Waals surface area (Å²) in [6.07, 6.45) is 2.17. The molecule has 1 heterocycles. The molecule has 162 valence electrons. The smallest absolute Gasteiger partial charge is 0.255 e. The van der Waals surface area contributed by atoms with Crippen molar-refractivity contribution in [2.45, 2.75) is 45.4 Å². The Morgan fingerprint density at radius 1 is 1.00 bits per heavy atom. The average molecular weight is 430 g/mol. The summed E-state index contributed by atoms with van der Waals surface area (Å²) in [7, 11) is -3.61. The van der Waals surface area contributed by atoms with Crippen molar-refractivity contribution in [1.29, 1.82) is 0 Å². The fourth-order valence-corrected chi connectivity index (χ4v) is 5.51. The number of sulfonamides is 1. The van der Waals surface area contributed by atoms with Crippen LogP contribution in [-0.2, 0) is 10.0 Å². The van der Waals surface area contributed by atoms with Crippen molar-refractivity contribution < 1.29 is 13.2 Å². The van der Waals surface area contributed by atoms with Crippen LogP contribution in [0.4, 0.5) is 11.4 Å². The van der Waals surface area contributed by atoms with Crippen molar-refractivity contribution in [1.82, 2.24) is 4.31 Å². The van der Waals surface area contributed by atoms with Crippen LogP contribution in [0.2, 0.25) is 0 Å². The van der Waals surface area contributed by atoms with E-state index in [0.29, 0.717) is 24.3 Å². The topological polar surface area (TPSA) is 69.7 Å². The number of carbonyl (C=O) groups is 1. The minimum Gasteiger partial charge on any atom is -0.370 e. The summed E-state index contributed by atoms with van der Waals surface area (Å²) < 4.78 is 27.5. The summed E-state index contributed by atoms with van der Waals surface area (Å²) in [4.78, 5) is 15.4. The molecule has 1 aliphatic rings. The van der Waals surface area contributed by atoms with Gasteiger partial charge in [-0.2, -0.15) is 4.31 Å². The highest BCUT2D eigenvalue weighted by molar-refractivity contribution is 7.89. The molecule has 1 aliphatic heterocycles. The first-order valence-electron chi connectivity index (χ1n) is 10.5. The third kappa shape index (κ3) is 4.68. The van der Waals surface area contributed by atoms with Gasteiger partial charge in [0.2, 0.25) is 10.0 Å². The molecule has 0 aliphatic carbocycles. The summed E-state index contributed by atoms with van der Waals surface area (Å²) >= 11 is 0. The molecule has 1 amide bonds. The van der Waals surface area contributed by atoms with Crippen molar-refractivity contribution in [3.8, 4) is 0 Å². The van der Waals surface area contributed by atoms with Gasteiger partial charge in [-0.3, -0.25) is 4.79 Å². The maximum absolute atomic E-state index is 13.0. The standard InChI is InChI=1S/C23H31N3O3S/c1-5-26(6-2)30(28,29)20-9-10-22(25-11-7-8-12-25)21(16-20)24-23(27)19-14-17(3)13-18(4)15-19/h9-10,13-16H,5-8,11-12H2,1-4H3,(H,24,27). The van der Waals surface area contributed by atoms with Crippen LogP contribution >= 0.6 is 0 Å². The zero-order valence-electron chi connectivity index (χ0n) is 18.2. The van der Waals surface area contributed by atoms with E-state index in [9.17, 15) is 13.2 Å². The fraction of sp³-hybridized carbons (Fsp3) is 0.435. The molecule has 0 saturated carbocycles. The Kier molecular flexibility index (Phi) is 6.83. The Morgan fingerprint density at radius 2 is 1.60 bits per heavy atom. The average Bonchev–Trinajstić information content (AvgIpc) is 3.22. The maximum atomic E-state index is 13.0. The highest BCUT2D eigenvalue weighted by Gasteiger charge is 2.25. The molecule has 0 atom stereocenters. The highest BCUT2D eigenvalue weighted by Crippen LogP contribution is 2.32. The first-order chi connectivity index (χ1) is 14.3. The number of amides is 1. The molecule has 0 aromatic heterocycles. The Hall–Kier alpha value is -2.38. The van der Waals surface area contributed by atoms with Gasteiger partial charge in [-0.05, 0) is 57.0 Å². The van der Waals surface area contributed by atoms with Crippen LogP contribution in [0, 0.1) is 13.8 Å². The van der Waals surface area contributed by atoms with E-state index in [0.717, 1.165) is 42.7 Å². The lowest BCUT2D eigenvalue weighted by atomic mass is 10.1. The van der Waals surface area contributed by atoms with Crippen LogP contribution in [0.5, 0.6) is 0 Å². The lowest BCUT2D eigenvalue weighted by molar-refractivity contribution is 0.102. The number of anilines is 2. The van der Waals surface area contributed by atoms with Crippen molar-refractivity contribution in [2.75, 3.05) is 36.4 Å². The molecule has 1 N–H and O–H groups in total. The molecule has 2 aromatic rings. The molecule has 1 saturated heterocycles.